The molecule has 0 spiro atoms. The van der Waals surface area contributed by atoms with Gasteiger partial charge in [0.15, 0.2) is 0 Å². The highest BCUT2D eigenvalue weighted by molar-refractivity contribution is 5.10. The fourth-order valence-corrected chi connectivity index (χ4v) is 1.20. The first-order chi connectivity index (χ1) is 6.42. The van der Waals surface area contributed by atoms with Crippen molar-refractivity contribution in [3.05, 3.63) is 41.9 Å². The van der Waals surface area contributed by atoms with Gasteiger partial charge in [-0.1, -0.05) is 12.1 Å². The molecule has 1 aromatic carbocycles. The number of alkyl halides is 3. The fraction of sp³-hybridized carbons (Fsp3) is 0.222. The zero-order valence-corrected chi connectivity index (χ0v) is 7.04. The highest BCUT2D eigenvalue weighted by Crippen LogP contribution is 2.34. The van der Waals surface area contributed by atoms with Crippen LogP contribution in [0.25, 0.3) is 0 Å². The van der Waals surface area contributed by atoms with Gasteiger partial charge in [-0.3, -0.25) is 0 Å². The average Bonchev–Trinajstić information content (AvgIpc) is 2.40. The quantitative estimate of drug-likeness (QED) is 0.596. The summed E-state index contributed by atoms with van der Waals surface area (Å²) in [6.07, 6.45) is -4.55. The van der Waals surface area contributed by atoms with Gasteiger partial charge >= 0.3 is 6.18 Å². The van der Waals surface area contributed by atoms with Crippen molar-refractivity contribution in [2.75, 3.05) is 0 Å². The normalized spacial score (nSPS) is 18.3. The van der Waals surface area contributed by atoms with Crippen LogP contribution in [0.3, 0.4) is 0 Å². The number of hydrogen-bond donors (Lipinski definition) is 0. The first-order valence-electron chi connectivity index (χ1n) is 3.89. The molecule has 14 heavy (non-hydrogen) atoms. The summed E-state index contributed by atoms with van der Waals surface area (Å²) in [5.41, 5.74) is -2.56. The zero-order chi connectivity index (χ0) is 10.4. The van der Waals surface area contributed by atoms with Crippen LogP contribution in [-0.4, -0.2) is 11.8 Å². The number of benzene rings is 1. The minimum atomic E-state index is -4.55. The average molecular weight is 199 g/mol. The van der Waals surface area contributed by atoms with Crippen LogP contribution in [0.4, 0.5) is 13.2 Å². The lowest BCUT2D eigenvalue weighted by Crippen LogP contribution is -2.38. The Morgan fingerprint density at radius 2 is 1.50 bits per heavy atom. The minimum absolute atomic E-state index is 0.236. The molecule has 73 valence electrons. The van der Waals surface area contributed by atoms with Crippen LogP contribution in [0.1, 0.15) is 0 Å². The number of rotatable bonds is 0. The monoisotopic (exact) mass is 199 g/mol. The van der Waals surface area contributed by atoms with E-state index in [1.54, 1.807) is 12.1 Å². The van der Waals surface area contributed by atoms with Crippen molar-refractivity contribution in [3.63, 3.8) is 0 Å². The summed E-state index contributed by atoms with van der Waals surface area (Å²) in [4.78, 5) is 6.90. The molecule has 0 N–H and O–H groups in total. The van der Waals surface area contributed by atoms with Crippen molar-refractivity contribution < 1.29 is 13.2 Å². The third-order valence-electron chi connectivity index (χ3n) is 1.95. The summed E-state index contributed by atoms with van der Waals surface area (Å²) >= 11 is 0. The van der Waals surface area contributed by atoms with E-state index in [-0.39, 0.29) is 10.7 Å². The standard InChI is InChI=1S/C9H6F3N2/c1-8(9(10,11)12)13-6-4-2-3-5-7(6)14-8/h2-5H,1H2. The Morgan fingerprint density at radius 3 is 1.86 bits per heavy atom. The van der Waals surface area contributed by atoms with E-state index in [2.05, 4.69) is 16.9 Å². The first kappa shape index (κ1) is 9.18. The molecule has 0 saturated carbocycles. The van der Waals surface area contributed by atoms with E-state index in [9.17, 15) is 13.2 Å². The van der Waals surface area contributed by atoms with Crippen molar-refractivity contribution in [2.24, 2.45) is 9.98 Å². The molecule has 1 aromatic rings. The molecule has 0 saturated heterocycles. The number of fused-ring (bicyclic) bond motifs is 1. The molecule has 0 bridgehead atoms. The van der Waals surface area contributed by atoms with Crippen molar-refractivity contribution in [2.45, 2.75) is 11.8 Å². The van der Waals surface area contributed by atoms with E-state index in [1.807, 2.05) is 0 Å². The van der Waals surface area contributed by atoms with E-state index < -0.39 is 11.8 Å². The molecular weight excluding hydrogens is 193 g/mol. The second-order valence-corrected chi connectivity index (χ2v) is 3.03. The predicted octanol–water partition coefficient (Wildman–Crippen LogP) is 1.03. The summed E-state index contributed by atoms with van der Waals surface area (Å²) in [5.74, 6) is 0. The van der Waals surface area contributed by atoms with Gasteiger partial charge in [0.25, 0.3) is 0 Å². The summed E-state index contributed by atoms with van der Waals surface area (Å²) in [7, 11) is 0. The van der Waals surface area contributed by atoms with E-state index >= 15 is 0 Å². The van der Waals surface area contributed by atoms with Gasteiger partial charge < -0.3 is 0 Å². The van der Waals surface area contributed by atoms with Crippen LogP contribution in [0, 0.1) is 6.92 Å². The van der Waals surface area contributed by atoms with Crippen LogP contribution < -0.4 is 10.7 Å². The SMILES string of the molecule is [CH2]C1(C(F)(F)F)N=c2ccccc2=N1. The maximum atomic E-state index is 12.5. The molecule has 0 aromatic heterocycles. The summed E-state index contributed by atoms with van der Waals surface area (Å²) in [5, 5.41) is 0.472. The van der Waals surface area contributed by atoms with Gasteiger partial charge in [0, 0.05) is 6.92 Å². The maximum Gasteiger partial charge on any atom is 0.434 e. The predicted molar refractivity (Wildman–Crippen MR) is 42.9 cm³/mol. The van der Waals surface area contributed by atoms with Crippen LogP contribution >= 0.6 is 0 Å². The van der Waals surface area contributed by atoms with Crippen LogP contribution in [0.5, 0.6) is 0 Å². The van der Waals surface area contributed by atoms with Crippen LogP contribution in [0.2, 0.25) is 0 Å². The van der Waals surface area contributed by atoms with Gasteiger partial charge in [-0.15, -0.1) is 0 Å². The zero-order valence-electron chi connectivity index (χ0n) is 7.04. The van der Waals surface area contributed by atoms with E-state index in [0.717, 1.165) is 0 Å². The second kappa shape index (κ2) is 2.56. The molecule has 2 rings (SSSR count). The smallest absolute Gasteiger partial charge is 0.244 e. The number of para-hydroxylation sites is 2. The molecule has 1 aliphatic rings. The van der Waals surface area contributed by atoms with E-state index in [0.29, 0.717) is 0 Å². The van der Waals surface area contributed by atoms with E-state index in [4.69, 9.17) is 0 Å². The van der Waals surface area contributed by atoms with Crippen LogP contribution in [0.15, 0.2) is 34.3 Å². The number of hydrogen-bond acceptors (Lipinski definition) is 2. The van der Waals surface area contributed by atoms with E-state index in [1.165, 1.54) is 12.1 Å². The molecule has 0 unspecified atom stereocenters. The topological polar surface area (TPSA) is 24.7 Å². The lowest BCUT2D eigenvalue weighted by molar-refractivity contribution is -0.169. The lowest BCUT2D eigenvalue weighted by Gasteiger charge is -2.20. The highest BCUT2D eigenvalue weighted by Gasteiger charge is 2.52. The van der Waals surface area contributed by atoms with Gasteiger partial charge in [-0.2, -0.15) is 13.2 Å². The molecule has 1 heterocycles. The molecule has 0 atom stereocenters. The van der Waals surface area contributed by atoms with Crippen molar-refractivity contribution >= 4 is 0 Å². The van der Waals surface area contributed by atoms with Crippen molar-refractivity contribution in [3.8, 4) is 0 Å². The summed E-state index contributed by atoms with van der Waals surface area (Å²) in [6.45, 7) is 3.00. The summed E-state index contributed by atoms with van der Waals surface area (Å²) < 4.78 is 37.4. The molecule has 0 fully saturated rings. The second-order valence-electron chi connectivity index (χ2n) is 3.03. The Hall–Kier alpha value is -1.39. The number of halogens is 3. The lowest BCUT2D eigenvalue weighted by atomic mass is 10.2. The Kier molecular flexibility index (Phi) is 1.68. The highest BCUT2D eigenvalue weighted by atomic mass is 19.4. The van der Waals surface area contributed by atoms with Gasteiger partial charge in [-0.05, 0) is 12.1 Å². The van der Waals surface area contributed by atoms with Gasteiger partial charge in [-0.25, -0.2) is 9.98 Å². The molecule has 1 radical (unpaired) electrons. The van der Waals surface area contributed by atoms with Crippen molar-refractivity contribution in [1.82, 2.24) is 0 Å². The molecular formula is C9H6F3N2. The minimum Gasteiger partial charge on any atom is -0.244 e. The maximum absolute atomic E-state index is 12.5. The van der Waals surface area contributed by atoms with Gasteiger partial charge in [0.1, 0.15) is 0 Å². The first-order valence-corrected chi connectivity index (χ1v) is 3.89. The van der Waals surface area contributed by atoms with Crippen LogP contribution in [-0.2, 0) is 0 Å². The Morgan fingerprint density at radius 1 is 1.07 bits per heavy atom. The van der Waals surface area contributed by atoms with Crippen molar-refractivity contribution in [1.29, 1.82) is 0 Å². The molecule has 0 amide bonds. The molecule has 5 heteroatoms. The molecule has 2 nitrogen and oxygen atoms in total. The third-order valence-corrected chi connectivity index (χ3v) is 1.95. The third kappa shape index (κ3) is 1.20. The Bertz CT molecular complexity index is 441. The molecule has 1 aliphatic heterocycles. The molecule has 0 aliphatic carbocycles. The summed E-state index contributed by atoms with van der Waals surface area (Å²) in [6, 6.07) is 6.19. The largest absolute Gasteiger partial charge is 0.434 e. The Balaban J connectivity index is 2.65. The van der Waals surface area contributed by atoms with Gasteiger partial charge in [0.05, 0.1) is 10.7 Å². The van der Waals surface area contributed by atoms with Gasteiger partial charge in [0.2, 0.25) is 5.66 Å². The Labute approximate surface area is 77.8 Å². The number of nitrogens with zero attached hydrogens (tertiary/aromatic N) is 2. The fourth-order valence-electron chi connectivity index (χ4n) is 1.20.